The Morgan fingerprint density at radius 3 is 2.67 bits per heavy atom. The smallest absolute Gasteiger partial charge is 0.327 e. The van der Waals surface area contributed by atoms with Crippen LogP contribution in [0.15, 0.2) is 29.8 Å². The fraction of sp³-hybridized carbons (Fsp3) is 0.711. The number of ether oxygens (including phenoxy) is 4. The Labute approximate surface area is 298 Å². The molecule has 1 aromatic carbocycles. The summed E-state index contributed by atoms with van der Waals surface area (Å²) in [6.07, 6.45) is 3.82. The van der Waals surface area contributed by atoms with Crippen LogP contribution < -0.4 is 10.6 Å². The molecule has 278 valence electrons. The molecule has 13 nitrogen and oxygen atoms in total. The minimum atomic E-state index is -1.49. The monoisotopic (exact) mass is 709 g/mol. The number of esters is 1. The fourth-order valence-corrected chi connectivity index (χ4v) is 10.2. The van der Waals surface area contributed by atoms with Crippen LogP contribution in [-0.4, -0.2) is 107 Å². The van der Waals surface area contributed by atoms with Gasteiger partial charge >= 0.3 is 5.97 Å². The average molecular weight is 710 g/mol. The van der Waals surface area contributed by atoms with Gasteiger partial charge in [0.1, 0.15) is 42.7 Å². The molecule has 12 unspecified atom stereocenters. The molecule has 7 fully saturated rings. The number of aliphatic hydroxyl groups excluding tert-OH is 2. The summed E-state index contributed by atoms with van der Waals surface area (Å²) in [6.45, 7) is 8.21. The van der Waals surface area contributed by atoms with Gasteiger partial charge in [-0.1, -0.05) is 49.8 Å². The molecule has 1 aromatic rings. The molecule has 4 saturated heterocycles. The van der Waals surface area contributed by atoms with Crippen molar-refractivity contribution in [2.75, 3.05) is 19.9 Å². The molecule has 4 N–H and O–H groups in total. The number of hydrogen-bond acceptors (Lipinski definition) is 11. The zero-order chi connectivity index (χ0) is 35.9. The molecule has 12 atom stereocenters. The third-order valence-electron chi connectivity index (χ3n) is 13.1. The van der Waals surface area contributed by atoms with E-state index in [1.54, 1.807) is 5.06 Å². The lowest BCUT2D eigenvalue weighted by molar-refractivity contribution is -0.201. The zero-order valence-corrected chi connectivity index (χ0v) is 29.8. The van der Waals surface area contributed by atoms with Crippen LogP contribution in [0.2, 0.25) is 0 Å². The molecule has 4 aliphatic heterocycles. The summed E-state index contributed by atoms with van der Waals surface area (Å²) in [5, 5.41) is 26.6. The van der Waals surface area contributed by atoms with Crippen molar-refractivity contribution in [2.45, 2.75) is 127 Å². The van der Waals surface area contributed by atoms with E-state index in [4.69, 9.17) is 23.8 Å². The summed E-state index contributed by atoms with van der Waals surface area (Å²) in [5.41, 5.74) is 2.17. The van der Waals surface area contributed by atoms with Crippen molar-refractivity contribution in [3.63, 3.8) is 0 Å². The van der Waals surface area contributed by atoms with Gasteiger partial charge in [0.15, 0.2) is 6.04 Å². The normalized spacial score (nSPS) is 41.0. The van der Waals surface area contributed by atoms with Gasteiger partial charge in [-0.25, -0.2) is 0 Å². The number of epoxide rings is 1. The Morgan fingerprint density at radius 1 is 1.12 bits per heavy atom. The van der Waals surface area contributed by atoms with E-state index in [0.717, 1.165) is 43.2 Å². The topological polar surface area (TPSA) is 168 Å². The Morgan fingerprint density at radius 2 is 1.90 bits per heavy atom. The predicted molar refractivity (Wildman–Crippen MR) is 181 cm³/mol. The van der Waals surface area contributed by atoms with Gasteiger partial charge in [-0.05, 0) is 74.3 Å². The second kappa shape index (κ2) is 12.9. The quantitative estimate of drug-likeness (QED) is 0.219. The third kappa shape index (κ3) is 5.84. The molecule has 0 spiro atoms. The molecule has 3 saturated carbocycles. The van der Waals surface area contributed by atoms with Crippen LogP contribution in [-0.2, 0) is 44.7 Å². The van der Waals surface area contributed by atoms with E-state index in [9.17, 15) is 24.6 Å². The number of carbonyl (C=O) groups is 3. The van der Waals surface area contributed by atoms with Gasteiger partial charge in [0.25, 0.3) is 0 Å². The minimum absolute atomic E-state index is 0.00511. The fourth-order valence-electron chi connectivity index (χ4n) is 10.2. The van der Waals surface area contributed by atoms with Crippen LogP contribution in [0.3, 0.4) is 0 Å². The van der Waals surface area contributed by atoms with E-state index in [1.807, 2.05) is 18.2 Å². The molecule has 2 bridgehead atoms. The first-order valence-electron chi connectivity index (χ1n) is 18.6. The lowest BCUT2D eigenvalue weighted by Gasteiger charge is -2.53. The van der Waals surface area contributed by atoms with Gasteiger partial charge in [-0.3, -0.25) is 19.2 Å². The van der Waals surface area contributed by atoms with Gasteiger partial charge in [0, 0.05) is 13.0 Å². The lowest BCUT2D eigenvalue weighted by atomic mass is 9.52. The van der Waals surface area contributed by atoms with Crippen LogP contribution in [0.1, 0.15) is 77.3 Å². The number of nitrogens with zero attached hydrogens (tertiary/aromatic N) is 1. The first-order chi connectivity index (χ1) is 24.4. The number of rotatable bonds is 9. The highest BCUT2D eigenvalue weighted by molar-refractivity contribution is 5.96. The highest BCUT2D eigenvalue weighted by Crippen LogP contribution is 2.60. The lowest BCUT2D eigenvalue weighted by Crippen LogP contribution is -2.71. The highest BCUT2D eigenvalue weighted by Gasteiger charge is 2.75. The number of nitrogens with one attached hydrogen (secondary N) is 2. The van der Waals surface area contributed by atoms with Crippen LogP contribution >= 0.6 is 0 Å². The molecule has 13 heteroatoms. The highest BCUT2D eigenvalue weighted by atomic mass is 16.8. The van der Waals surface area contributed by atoms with E-state index in [2.05, 4.69) is 43.5 Å². The maximum Gasteiger partial charge on any atom is 0.327 e. The summed E-state index contributed by atoms with van der Waals surface area (Å²) >= 11 is 0. The second-order valence-electron chi connectivity index (χ2n) is 16.6. The molecule has 7 aliphatic rings. The van der Waals surface area contributed by atoms with Crippen molar-refractivity contribution in [2.24, 2.45) is 22.7 Å². The Kier molecular flexibility index (Phi) is 8.88. The van der Waals surface area contributed by atoms with Crippen molar-refractivity contribution in [3.05, 3.63) is 41.0 Å². The molecular weight excluding hydrogens is 658 g/mol. The van der Waals surface area contributed by atoms with Crippen molar-refractivity contribution >= 4 is 23.9 Å². The Balaban J connectivity index is 1.11. The summed E-state index contributed by atoms with van der Waals surface area (Å²) < 4.78 is 23.9. The van der Waals surface area contributed by atoms with Gasteiger partial charge in [-0.2, -0.15) is 5.06 Å². The summed E-state index contributed by atoms with van der Waals surface area (Å²) in [5.74, 6) is -0.795. The van der Waals surface area contributed by atoms with E-state index in [-0.39, 0.29) is 43.9 Å². The van der Waals surface area contributed by atoms with E-state index >= 15 is 0 Å². The number of allylic oxidation sites excluding steroid dienone is 1. The van der Waals surface area contributed by atoms with Crippen LogP contribution in [0.4, 0.5) is 0 Å². The van der Waals surface area contributed by atoms with Crippen molar-refractivity contribution in [1.82, 2.24) is 15.7 Å². The van der Waals surface area contributed by atoms with Crippen LogP contribution in [0.25, 0.3) is 6.08 Å². The van der Waals surface area contributed by atoms with Crippen molar-refractivity contribution in [3.8, 4) is 0 Å². The van der Waals surface area contributed by atoms with E-state index in [1.165, 1.54) is 12.5 Å². The predicted octanol–water partition coefficient (Wildman–Crippen LogP) is 1.98. The number of fused-ring (bicyclic) bond motifs is 6. The number of benzene rings is 1. The summed E-state index contributed by atoms with van der Waals surface area (Å²) in [6, 6.07) is 5.61. The van der Waals surface area contributed by atoms with Crippen molar-refractivity contribution < 1.29 is 48.4 Å². The van der Waals surface area contributed by atoms with Crippen molar-refractivity contribution in [1.29, 1.82) is 0 Å². The zero-order valence-electron chi connectivity index (χ0n) is 29.8. The molecule has 0 aromatic heterocycles. The number of hydrogen-bond donors (Lipinski definition) is 4. The number of aliphatic hydroxyl groups is 2. The molecule has 2 amide bonds. The number of carbonyl (C=O) groups excluding carboxylic acids is 3. The average Bonchev–Trinajstić information content (AvgIpc) is 3.38. The van der Waals surface area contributed by atoms with Crippen LogP contribution in [0, 0.1) is 22.7 Å². The Bertz CT molecular complexity index is 1600. The summed E-state index contributed by atoms with van der Waals surface area (Å²) in [7, 11) is 0. The Hall–Kier alpha value is -2.91. The van der Waals surface area contributed by atoms with Gasteiger partial charge in [-0.15, -0.1) is 0 Å². The largest absolute Gasteiger partial charge is 0.458 e. The number of amides is 2. The third-order valence-corrected chi connectivity index (χ3v) is 13.1. The SMILES string of the molecule is CC(O)C(NC(=O)C12CC3OC(=O)C1N(Cc1ccccc1C=C1CCC4OC4(C)CCC4C1CC4(C)C)OC2C1OCOC31)C(=O)NCCO. The first kappa shape index (κ1) is 35.1. The molecule has 51 heavy (non-hydrogen) atoms. The van der Waals surface area contributed by atoms with Gasteiger partial charge in [0.05, 0.1) is 31.0 Å². The maximum absolute atomic E-state index is 14.5. The molecular formula is C38H51N3O10. The van der Waals surface area contributed by atoms with Crippen LogP contribution in [0.5, 0.6) is 0 Å². The van der Waals surface area contributed by atoms with Gasteiger partial charge in [0.2, 0.25) is 11.8 Å². The first-order valence-corrected chi connectivity index (χ1v) is 18.6. The standard InChI is InChI=1S/C38H51N3O10/c1-20(43)28(33(44)39-13-14-42)40-35(46)38-17-26-29-30(48-19-47-29)32(38)51-41(31(38)34(45)49-26)18-23-8-6-5-7-21(23)15-22-9-10-27-37(4,50-27)12-11-25-24(22)16-36(25,2)3/h5-8,15,20,24-32,42-43H,9-14,16-19H2,1-4H3,(H,39,44)(H,40,46). The minimum Gasteiger partial charge on any atom is -0.458 e. The van der Waals surface area contributed by atoms with E-state index in [0.29, 0.717) is 17.9 Å². The molecule has 3 aliphatic carbocycles. The molecule has 8 rings (SSSR count). The van der Waals surface area contributed by atoms with E-state index < -0.39 is 65.8 Å². The number of hydroxylamine groups is 2. The molecule has 4 heterocycles. The maximum atomic E-state index is 14.5. The summed E-state index contributed by atoms with van der Waals surface area (Å²) in [4.78, 5) is 48.1. The molecule has 0 radical (unpaired) electrons. The second-order valence-corrected chi connectivity index (χ2v) is 16.6. The van der Waals surface area contributed by atoms with Gasteiger partial charge < -0.3 is 39.8 Å².